The molecule has 0 bridgehead atoms. The lowest BCUT2D eigenvalue weighted by molar-refractivity contribution is -0.141. The molecule has 0 unspecified atom stereocenters. The maximum atomic E-state index is 12.9. The molecule has 1 aromatic rings. The number of carbonyl (C=O) groups is 3. The summed E-state index contributed by atoms with van der Waals surface area (Å²) in [6.45, 7) is 4.09. The van der Waals surface area contributed by atoms with Gasteiger partial charge in [-0.1, -0.05) is 12.5 Å². The number of anilines is 1. The topological polar surface area (TPSA) is 93.2 Å². The number of fused-ring (bicyclic) bond motifs is 1. The molecular weight excluding hydrogens is 372 g/mol. The second-order valence-electron chi connectivity index (χ2n) is 7.99. The summed E-state index contributed by atoms with van der Waals surface area (Å²) in [6.07, 6.45) is 3.42. The molecule has 2 aliphatic rings. The standard InChI is InChI=1S/C21H30N4O4/c1-23(10-11-25-8-4-3-5-9-25)20(28)15-6-7-16-14-24(2)21(29)18(13-19(26)27)22-17(16)12-15/h6-7,12,18,22H,3-5,8-11,13-14H2,1-2H3,(H,26,27)/t18-/m0/s1. The zero-order valence-corrected chi connectivity index (χ0v) is 17.2. The first kappa shape index (κ1) is 21.1. The maximum absolute atomic E-state index is 12.9. The Kier molecular flexibility index (Phi) is 6.74. The molecule has 2 heterocycles. The largest absolute Gasteiger partial charge is 0.481 e. The molecule has 2 N–H and O–H groups in total. The minimum atomic E-state index is -1.04. The summed E-state index contributed by atoms with van der Waals surface area (Å²) in [6, 6.07) is 4.49. The number of rotatable bonds is 6. The number of likely N-dealkylation sites (tertiary alicyclic amines) is 1. The molecule has 29 heavy (non-hydrogen) atoms. The fourth-order valence-corrected chi connectivity index (χ4v) is 3.94. The molecule has 0 saturated carbocycles. The van der Waals surface area contributed by atoms with Crippen molar-refractivity contribution in [2.24, 2.45) is 0 Å². The number of hydrogen-bond donors (Lipinski definition) is 2. The van der Waals surface area contributed by atoms with Gasteiger partial charge in [0, 0.05) is 45.0 Å². The van der Waals surface area contributed by atoms with Crippen molar-refractivity contribution >= 4 is 23.5 Å². The Morgan fingerprint density at radius 1 is 1.24 bits per heavy atom. The Morgan fingerprint density at radius 2 is 1.97 bits per heavy atom. The van der Waals surface area contributed by atoms with Crippen molar-refractivity contribution in [2.75, 3.05) is 45.6 Å². The van der Waals surface area contributed by atoms with Crippen LogP contribution in [0, 0.1) is 0 Å². The van der Waals surface area contributed by atoms with E-state index in [0.717, 1.165) is 25.2 Å². The molecule has 0 aliphatic carbocycles. The summed E-state index contributed by atoms with van der Waals surface area (Å²) < 4.78 is 0. The number of carboxylic acids is 1. The van der Waals surface area contributed by atoms with Gasteiger partial charge in [-0.3, -0.25) is 14.4 Å². The Hall–Kier alpha value is -2.61. The van der Waals surface area contributed by atoms with Crippen LogP contribution in [-0.4, -0.2) is 83.9 Å². The number of aliphatic carboxylic acids is 1. The molecule has 1 aromatic carbocycles. The molecule has 8 heteroatoms. The third-order valence-electron chi connectivity index (χ3n) is 5.69. The van der Waals surface area contributed by atoms with Crippen molar-refractivity contribution in [1.29, 1.82) is 0 Å². The van der Waals surface area contributed by atoms with Crippen LogP contribution in [0.1, 0.15) is 41.6 Å². The van der Waals surface area contributed by atoms with E-state index in [1.165, 1.54) is 24.2 Å². The average Bonchev–Trinajstić information content (AvgIpc) is 2.82. The highest BCUT2D eigenvalue weighted by Crippen LogP contribution is 2.25. The third kappa shape index (κ3) is 5.26. The van der Waals surface area contributed by atoms with E-state index in [1.807, 2.05) is 6.07 Å². The monoisotopic (exact) mass is 402 g/mol. The third-order valence-corrected chi connectivity index (χ3v) is 5.69. The number of amides is 2. The molecular formula is C21H30N4O4. The number of hydrogen-bond acceptors (Lipinski definition) is 5. The highest BCUT2D eigenvalue weighted by molar-refractivity contribution is 5.96. The maximum Gasteiger partial charge on any atom is 0.305 e. The second kappa shape index (κ2) is 9.26. The van der Waals surface area contributed by atoms with Crippen LogP contribution >= 0.6 is 0 Å². The number of carboxylic acid groups (broad SMARTS) is 1. The minimum Gasteiger partial charge on any atom is -0.481 e. The number of carbonyl (C=O) groups excluding carboxylic acids is 2. The van der Waals surface area contributed by atoms with Crippen LogP contribution in [0.5, 0.6) is 0 Å². The molecule has 0 radical (unpaired) electrons. The lowest BCUT2D eigenvalue weighted by Gasteiger charge is -2.28. The number of likely N-dealkylation sites (N-methyl/N-ethyl adjacent to an activating group) is 2. The van der Waals surface area contributed by atoms with Gasteiger partial charge in [-0.2, -0.15) is 0 Å². The van der Waals surface area contributed by atoms with Crippen molar-refractivity contribution in [3.63, 3.8) is 0 Å². The van der Waals surface area contributed by atoms with Crippen LogP contribution in [0.4, 0.5) is 5.69 Å². The predicted octanol–water partition coefficient (Wildman–Crippen LogP) is 1.47. The zero-order chi connectivity index (χ0) is 21.0. The van der Waals surface area contributed by atoms with E-state index >= 15 is 0 Å². The first-order valence-electron chi connectivity index (χ1n) is 10.2. The number of benzene rings is 1. The van der Waals surface area contributed by atoms with Gasteiger partial charge < -0.3 is 25.1 Å². The van der Waals surface area contributed by atoms with Gasteiger partial charge in [-0.15, -0.1) is 0 Å². The summed E-state index contributed by atoms with van der Waals surface area (Å²) in [4.78, 5) is 42.1. The molecule has 3 rings (SSSR count). The lowest BCUT2D eigenvalue weighted by Crippen LogP contribution is -2.39. The van der Waals surface area contributed by atoms with Crippen LogP contribution in [0.2, 0.25) is 0 Å². The van der Waals surface area contributed by atoms with Crippen molar-refractivity contribution in [3.8, 4) is 0 Å². The molecule has 2 amide bonds. The Balaban J connectivity index is 1.70. The van der Waals surface area contributed by atoms with E-state index in [4.69, 9.17) is 5.11 Å². The van der Waals surface area contributed by atoms with Gasteiger partial charge in [0.05, 0.1) is 6.42 Å². The van der Waals surface area contributed by atoms with Crippen molar-refractivity contribution in [2.45, 2.75) is 38.3 Å². The van der Waals surface area contributed by atoms with Crippen LogP contribution in [-0.2, 0) is 16.1 Å². The number of nitrogens with zero attached hydrogens (tertiary/aromatic N) is 3. The molecule has 8 nitrogen and oxygen atoms in total. The van der Waals surface area contributed by atoms with E-state index in [1.54, 1.807) is 31.1 Å². The summed E-state index contributed by atoms with van der Waals surface area (Å²) in [5, 5.41) is 12.2. The molecule has 158 valence electrons. The molecule has 1 fully saturated rings. The average molecular weight is 402 g/mol. The molecule has 1 saturated heterocycles. The SMILES string of the molecule is CN(CCN1CCCCC1)C(=O)c1ccc2c(c1)N[C@@H](CC(=O)O)C(=O)N(C)C2. The Labute approximate surface area is 171 Å². The summed E-state index contributed by atoms with van der Waals surface area (Å²) in [5.41, 5.74) is 2.04. The van der Waals surface area contributed by atoms with Crippen molar-refractivity contribution in [1.82, 2.24) is 14.7 Å². The first-order valence-corrected chi connectivity index (χ1v) is 10.2. The smallest absolute Gasteiger partial charge is 0.305 e. The summed E-state index contributed by atoms with van der Waals surface area (Å²) >= 11 is 0. The van der Waals surface area contributed by atoms with Crippen molar-refractivity contribution in [3.05, 3.63) is 29.3 Å². The van der Waals surface area contributed by atoms with Gasteiger partial charge in [-0.25, -0.2) is 0 Å². The first-order chi connectivity index (χ1) is 13.8. The van der Waals surface area contributed by atoms with E-state index in [9.17, 15) is 14.4 Å². The van der Waals surface area contributed by atoms with Gasteiger partial charge in [-0.05, 0) is 43.6 Å². The van der Waals surface area contributed by atoms with E-state index in [0.29, 0.717) is 24.3 Å². The van der Waals surface area contributed by atoms with Crippen LogP contribution in [0.3, 0.4) is 0 Å². The molecule has 1 atom stereocenters. The quantitative estimate of drug-likeness (QED) is 0.749. The van der Waals surface area contributed by atoms with Gasteiger partial charge >= 0.3 is 5.97 Å². The van der Waals surface area contributed by atoms with E-state index < -0.39 is 12.0 Å². The van der Waals surface area contributed by atoms with Crippen LogP contribution < -0.4 is 5.32 Å². The fraction of sp³-hybridized carbons (Fsp3) is 0.571. The Morgan fingerprint density at radius 3 is 2.66 bits per heavy atom. The summed E-state index contributed by atoms with van der Waals surface area (Å²) in [5.74, 6) is -1.39. The fourth-order valence-electron chi connectivity index (χ4n) is 3.94. The lowest BCUT2D eigenvalue weighted by atomic mass is 10.1. The minimum absolute atomic E-state index is 0.0784. The zero-order valence-electron chi connectivity index (χ0n) is 17.2. The molecule has 0 spiro atoms. The van der Waals surface area contributed by atoms with Crippen LogP contribution in [0.15, 0.2) is 18.2 Å². The predicted molar refractivity (Wildman–Crippen MR) is 110 cm³/mol. The number of piperidine rings is 1. The molecule has 2 aliphatic heterocycles. The van der Waals surface area contributed by atoms with E-state index in [-0.39, 0.29) is 18.2 Å². The van der Waals surface area contributed by atoms with Gasteiger partial charge in [0.1, 0.15) is 6.04 Å². The normalized spacial score (nSPS) is 19.9. The van der Waals surface area contributed by atoms with Gasteiger partial charge in [0.2, 0.25) is 5.91 Å². The highest BCUT2D eigenvalue weighted by atomic mass is 16.4. The van der Waals surface area contributed by atoms with Crippen LogP contribution in [0.25, 0.3) is 0 Å². The molecule has 0 aromatic heterocycles. The van der Waals surface area contributed by atoms with E-state index in [2.05, 4.69) is 10.2 Å². The second-order valence-corrected chi connectivity index (χ2v) is 7.99. The number of nitrogens with one attached hydrogen (secondary N) is 1. The summed E-state index contributed by atoms with van der Waals surface area (Å²) in [7, 11) is 3.46. The van der Waals surface area contributed by atoms with Gasteiger partial charge in [0.25, 0.3) is 5.91 Å². The van der Waals surface area contributed by atoms with Gasteiger partial charge in [0.15, 0.2) is 0 Å². The highest BCUT2D eigenvalue weighted by Gasteiger charge is 2.29. The van der Waals surface area contributed by atoms with Crippen molar-refractivity contribution < 1.29 is 19.5 Å². The Bertz CT molecular complexity index is 776.